The number of benzene rings is 2. The molecular weight excluding hydrogens is 516 g/mol. The number of para-hydroxylation sites is 1. The number of fused-ring (bicyclic) bond motifs is 1. The number of ether oxygens (including phenoxy) is 1. The van der Waals surface area contributed by atoms with Gasteiger partial charge < -0.3 is 25.2 Å². The Morgan fingerprint density at radius 2 is 1.56 bits per heavy atom. The first kappa shape index (κ1) is 26.9. The van der Waals surface area contributed by atoms with Crippen LogP contribution in [-0.2, 0) is 4.74 Å². The van der Waals surface area contributed by atoms with Crippen molar-refractivity contribution in [3.8, 4) is 0 Å². The van der Waals surface area contributed by atoms with Crippen molar-refractivity contribution < 1.29 is 9.53 Å². The van der Waals surface area contributed by atoms with Crippen molar-refractivity contribution in [3.63, 3.8) is 0 Å². The van der Waals surface area contributed by atoms with E-state index in [4.69, 9.17) is 14.7 Å². The molecule has 41 heavy (non-hydrogen) atoms. The van der Waals surface area contributed by atoms with Crippen molar-refractivity contribution in [2.24, 2.45) is 0 Å². The van der Waals surface area contributed by atoms with E-state index in [1.54, 1.807) is 11.1 Å². The molecule has 214 valence electrons. The van der Waals surface area contributed by atoms with Gasteiger partial charge in [-0.2, -0.15) is 4.98 Å². The Bertz CT molecular complexity index is 1480. The van der Waals surface area contributed by atoms with Crippen molar-refractivity contribution in [1.29, 1.82) is 0 Å². The van der Waals surface area contributed by atoms with Crippen LogP contribution in [0.25, 0.3) is 11.2 Å². The molecule has 0 bridgehead atoms. The molecule has 2 aliphatic rings. The number of rotatable bonds is 6. The molecule has 10 heteroatoms. The van der Waals surface area contributed by atoms with Crippen molar-refractivity contribution in [3.05, 3.63) is 60.8 Å². The van der Waals surface area contributed by atoms with Gasteiger partial charge in [0.05, 0.1) is 6.20 Å². The maximum Gasteiger partial charge on any atom is 0.410 e. The third-order valence-corrected chi connectivity index (χ3v) is 7.57. The molecule has 2 fully saturated rings. The molecule has 6 rings (SSSR count). The highest BCUT2D eigenvalue weighted by Crippen LogP contribution is 2.36. The topological polar surface area (TPSA) is 100 Å². The number of hydrogen-bond donors (Lipinski definition) is 2. The summed E-state index contributed by atoms with van der Waals surface area (Å²) < 4.78 is 7.77. The molecule has 0 unspecified atom stereocenters. The zero-order valence-corrected chi connectivity index (χ0v) is 24.0. The number of anilines is 5. The number of amides is 1. The molecule has 2 aromatic heterocycles. The predicted molar refractivity (Wildman–Crippen MR) is 162 cm³/mol. The highest BCUT2D eigenvalue weighted by atomic mass is 16.6. The van der Waals surface area contributed by atoms with E-state index < -0.39 is 5.60 Å². The summed E-state index contributed by atoms with van der Waals surface area (Å²) in [6.07, 6.45) is 6.22. The summed E-state index contributed by atoms with van der Waals surface area (Å²) in [5.74, 6) is 1.35. The summed E-state index contributed by atoms with van der Waals surface area (Å²) in [6.45, 7) is 8.48. The number of hydrogen-bond acceptors (Lipinski definition) is 8. The number of carbonyl (C=O) groups excluding carboxylic acids is 1. The first-order chi connectivity index (χ1) is 19.8. The Labute approximate surface area is 240 Å². The second kappa shape index (κ2) is 11.3. The lowest BCUT2D eigenvalue weighted by molar-refractivity contribution is 0.0240. The van der Waals surface area contributed by atoms with Crippen LogP contribution >= 0.6 is 0 Å². The van der Waals surface area contributed by atoms with Gasteiger partial charge in [0.15, 0.2) is 5.65 Å². The highest BCUT2D eigenvalue weighted by Gasteiger charge is 2.26. The van der Waals surface area contributed by atoms with E-state index in [0.717, 1.165) is 60.1 Å². The molecule has 0 atom stereocenters. The summed E-state index contributed by atoms with van der Waals surface area (Å²) in [6, 6.07) is 18.8. The van der Waals surface area contributed by atoms with Crippen molar-refractivity contribution >= 4 is 46.2 Å². The monoisotopic (exact) mass is 554 g/mol. The fraction of sp³-hybridized carbons (Fsp3) is 0.419. The Hall–Kier alpha value is -4.34. The number of nitrogens with one attached hydrogen (secondary N) is 2. The average molecular weight is 555 g/mol. The van der Waals surface area contributed by atoms with Crippen LogP contribution < -0.4 is 15.5 Å². The predicted octanol–water partition coefficient (Wildman–Crippen LogP) is 6.49. The van der Waals surface area contributed by atoms with Crippen molar-refractivity contribution in [2.45, 2.75) is 58.1 Å². The van der Waals surface area contributed by atoms with Gasteiger partial charge in [-0.3, -0.25) is 4.57 Å². The number of imidazole rings is 1. The lowest BCUT2D eigenvalue weighted by Gasteiger charge is -2.36. The average Bonchev–Trinajstić information content (AvgIpc) is 3.61. The Kier molecular flexibility index (Phi) is 7.38. The molecule has 3 heterocycles. The molecule has 0 radical (unpaired) electrons. The van der Waals surface area contributed by atoms with Gasteiger partial charge in [-0.15, -0.1) is 0 Å². The standard InChI is InChI=1S/C31H38N8O2/c1-31(2,3)41-30(40)38-19-17-37(18-20-38)24-15-13-23(14-16-24)33-28-32-21-26-27(36-28)39(25-11-7-8-12-25)29(35-26)34-22-9-5-4-6-10-22/h4-6,9-10,13-16,21,25H,7-8,11-12,17-20H2,1-3H3,(H,34,35)(H,32,33,36). The summed E-state index contributed by atoms with van der Waals surface area (Å²) in [4.78, 5) is 30.8. The second-order valence-corrected chi connectivity index (χ2v) is 11.8. The quantitative estimate of drug-likeness (QED) is 0.279. The van der Waals surface area contributed by atoms with Crippen LogP contribution in [0, 0.1) is 0 Å². The fourth-order valence-corrected chi connectivity index (χ4v) is 5.56. The summed E-state index contributed by atoms with van der Waals surface area (Å²) >= 11 is 0. The zero-order chi connectivity index (χ0) is 28.4. The van der Waals surface area contributed by atoms with Gasteiger partial charge in [-0.1, -0.05) is 31.0 Å². The first-order valence-electron chi connectivity index (χ1n) is 14.5. The van der Waals surface area contributed by atoms with E-state index in [2.05, 4.69) is 37.2 Å². The third-order valence-electron chi connectivity index (χ3n) is 7.57. The smallest absolute Gasteiger partial charge is 0.410 e. The number of carbonyl (C=O) groups is 1. The first-order valence-corrected chi connectivity index (χ1v) is 14.5. The van der Waals surface area contributed by atoms with Gasteiger partial charge in [-0.25, -0.2) is 14.8 Å². The van der Waals surface area contributed by atoms with Crippen LogP contribution in [0.4, 0.5) is 33.8 Å². The van der Waals surface area contributed by atoms with Gasteiger partial charge in [0, 0.05) is 49.3 Å². The molecule has 1 amide bonds. The molecule has 10 nitrogen and oxygen atoms in total. The molecule has 2 N–H and O–H groups in total. The Morgan fingerprint density at radius 3 is 2.24 bits per heavy atom. The van der Waals surface area contributed by atoms with Crippen LogP contribution in [-0.4, -0.2) is 62.3 Å². The molecule has 4 aromatic rings. The SMILES string of the molecule is CC(C)(C)OC(=O)N1CCN(c2ccc(Nc3ncc4nc(Nc5ccccc5)n(C5CCCC5)c4n3)cc2)CC1. The summed E-state index contributed by atoms with van der Waals surface area (Å²) in [5, 5.41) is 6.87. The Balaban J connectivity index is 1.15. The minimum absolute atomic E-state index is 0.245. The number of aromatic nitrogens is 4. The molecule has 1 saturated carbocycles. The molecule has 1 aliphatic heterocycles. The Morgan fingerprint density at radius 1 is 0.878 bits per heavy atom. The maximum atomic E-state index is 12.4. The highest BCUT2D eigenvalue weighted by molar-refractivity contribution is 5.77. The lowest BCUT2D eigenvalue weighted by Crippen LogP contribution is -2.50. The van der Waals surface area contributed by atoms with Crippen LogP contribution in [0.2, 0.25) is 0 Å². The van der Waals surface area contributed by atoms with E-state index in [1.165, 1.54) is 12.8 Å². The van der Waals surface area contributed by atoms with Gasteiger partial charge in [0.2, 0.25) is 11.9 Å². The fourth-order valence-electron chi connectivity index (χ4n) is 5.56. The minimum atomic E-state index is -0.483. The normalized spacial score (nSPS) is 16.3. The molecular formula is C31H38N8O2. The third kappa shape index (κ3) is 6.21. The summed E-state index contributed by atoms with van der Waals surface area (Å²) in [5.41, 5.74) is 4.17. The van der Waals surface area contributed by atoms with E-state index in [0.29, 0.717) is 25.1 Å². The summed E-state index contributed by atoms with van der Waals surface area (Å²) in [7, 11) is 0. The second-order valence-electron chi connectivity index (χ2n) is 11.8. The molecule has 0 spiro atoms. The molecule has 1 aliphatic carbocycles. The maximum absolute atomic E-state index is 12.4. The van der Waals surface area contributed by atoms with Crippen LogP contribution in [0.3, 0.4) is 0 Å². The van der Waals surface area contributed by atoms with E-state index in [9.17, 15) is 4.79 Å². The molecule has 2 aromatic carbocycles. The largest absolute Gasteiger partial charge is 0.444 e. The van der Waals surface area contributed by atoms with Gasteiger partial charge in [0.25, 0.3) is 0 Å². The van der Waals surface area contributed by atoms with Crippen molar-refractivity contribution in [1.82, 2.24) is 24.4 Å². The van der Waals surface area contributed by atoms with Gasteiger partial charge in [0.1, 0.15) is 11.1 Å². The van der Waals surface area contributed by atoms with Crippen LogP contribution in [0.1, 0.15) is 52.5 Å². The van der Waals surface area contributed by atoms with Gasteiger partial charge >= 0.3 is 6.09 Å². The minimum Gasteiger partial charge on any atom is -0.444 e. The zero-order valence-electron chi connectivity index (χ0n) is 24.0. The number of piperazine rings is 1. The van der Waals surface area contributed by atoms with E-state index >= 15 is 0 Å². The number of nitrogens with zero attached hydrogens (tertiary/aromatic N) is 6. The lowest BCUT2D eigenvalue weighted by atomic mass is 10.2. The van der Waals surface area contributed by atoms with Crippen LogP contribution in [0.5, 0.6) is 0 Å². The van der Waals surface area contributed by atoms with E-state index in [-0.39, 0.29) is 6.09 Å². The van der Waals surface area contributed by atoms with Gasteiger partial charge in [-0.05, 0) is 70.0 Å². The van der Waals surface area contributed by atoms with E-state index in [1.807, 2.05) is 63.2 Å². The van der Waals surface area contributed by atoms with Crippen molar-refractivity contribution in [2.75, 3.05) is 41.7 Å². The van der Waals surface area contributed by atoms with Crippen LogP contribution in [0.15, 0.2) is 60.8 Å². The molecule has 1 saturated heterocycles.